The van der Waals surface area contributed by atoms with Crippen molar-refractivity contribution in [1.29, 1.82) is 0 Å². The van der Waals surface area contributed by atoms with Crippen LogP contribution in [0.3, 0.4) is 0 Å². The van der Waals surface area contributed by atoms with Crippen molar-refractivity contribution in [2.75, 3.05) is 0 Å². The molecule has 0 amide bonds. The van der Waals surface area contributed by atoms with Crippen LogP contribution in [-0.4, -0.2) is 10.7 Å². The van der Waals surface area contributed by atoms with Gasteiger partial charge in [-0.25, -0.2) is 4.39 Å². The van der Waals surface area contributed by atoms with Gasteiger partial charge in [0.15, 0.2) is 0 Å². The van der Waals surface area contributed by atoms with Crippen molar-refractivity contribution in [2.45, 2.75) is 25.4 Å². The van der Waals surface area contributed by atoms with E-state index in [1.54, 1.807) is 13.0 Å². The fourth-order valence-corrected chi connectivity index (χ4v) is 2.63. The predicted octanol–water partition coefficient (Wildman–Crippen LogP) is 4.12. The van der Waals surface area contributed by atoms with E-state index in [2.05, 4.69) is 15.9 Å². The zero-order chi connectivity index (χ0) is 13.9. The molecule has 0 aliphatic carbocycles. The molecule has 19 heavy (non-hydrogen) atoms. The molecule has 2 rings (SSSR count). The Kier molecular flexibility index (Phi) is 4.38. The molecule has 100 valence electrons. The molecule has 0 heterocycles. The number of halogens is 2. The summed E-state index contributed by atoms with van der Waals surface area (Å²) in [6.07, 6.45) is 0.941. The van der Waals surface area contributed by atoms with Crippen LogP contribution in [0.5, 0.6) is 0 Å². The summed E-state index contributed by atoms with van der Waals surface area (Å²) in [7, 11) is 0. The number of benzene rings is 2. The first kappa shape index (κ1) is 14.2. The smallest absolute Gasteiger partial charge is 0.123 e. The highest BCUT2D eigenvalue weighted by atomic mass is 79.9. The van der Waals surface area contributed by atoms with Crippen LogP contribution < -0.4 is 0 Å². The average molecular weight is 323 g/mol. The Morgan fingerprint density at radius 1 is 1.11 bits per heavy atom. The maximum Gasteiger partial charge on any atom is 0.123 e. The number of aliphatic hydroxyl groups is 1. The lowest BCUT2D eigenvalue weighted by atomic mass is 9.90. The van der Waals surface area contributed by atoms with Crippen molar-refractivity contribution in [1.82, 2.24) is 0 Å². The largest absolute Gasteiger partial charge is 0.389 e. The quantitative estimate of drug-likeness (QED) is 0.897. The molecule has 0 spiro atoms. The van der Waals surface area contributed by atoms with Crippen molar-refractivity contribution in [3.63, 3.8) is 0 Å². The molecule has 2 aromatic rings. The van der Waals surface area contributed by atoms with Gasteiger partial charge < -0.3 is 5.11 Å². The van der Waals surface area contributed by atoms with Gasteiger partial charge in [-0.2, -0.15) is 0 Å². The summed E-state index contributed by atoms with van der Waals surface area (Å²) in [4.78, 5) is 0. The normalized spacial score (nSPS) is 14.1. The lowest BCUT2D eigenvalue weighted by Crippen LogP contribution is -2.30. The van der Waals surface area contributed by atoms with E-state index in [0.717, 1.165) is 15.6 Å². The monoisotopic (exact) mass is 322 g/mol. The van der Waals surface area contributed by atoms with E-state index in [9.17, 15) is 9.50 Å². The Bertz CT molecular complexity index is 566. The fourth-order valence-electron chi connectivity index (χ4n) is 2.20. The van der Waals surface area contributed by atoms with Crippen LogP contribution in [0, 0.1) is 5.82 Å². The Balaban J connectivity index is 2.13. The van der Waals surface area contributed by atoms with Crippen molar-refractivity contribution in [3.8, 4) is 0 Å². The van der Waals surface area contributed by atoms with Crippen LogP contribution in [0.1, 0.15) is 18.1 Å². The van der Waals surface area contributed by atoms with E-state index >= 15 is 0 Å². The third-order valence-electron chi connectivity index (χ3n) is 3.00. The van der Waals surface area contributed by atoms with Crippen LogP contribution in [-0.2, 0) is 12.8 Å². The highest BCUT2D eigenvalue weighted by molar-refractivity contribution is 9.10. The SMILES string of the molecule is CC(O)(Cc1cccc(F)c1)Cc1ccccc1Br. The highest BCUT2D eigenvalue weighted by Gasteiger charge is 2.22. The fraction of sp³-hybridized carbons (Fsp3) is 0.250. The van der Waals surface area contributed by atoms with Gasteiger partial charge in [0.05, 0.1) is 5.60 Å². The maximum absolute atomic E-state index is 13.1. The molecule has 1 N–H and O–H groups in total. The first-order valence-electron chi connectivity index (χ1n) is 6.16. The van der Waals surface area contributed by atoms with E-state index in [-0.39, 0.29) is 5.82 Å². The molecule has 3 heteroatoms. The molecule has 0 aliphatic heterocycles. The predicted molar refractivity (Wildman–Crippen MR) is 78.6 cm³/mol. The molecule has 1 atom stereocenters. The van der Waals surface area contributed by atoms with Crippen LogP contribution >= 0.6 is 15.9 Å². The highest BCUT2D eigenvalue weighted by Crippen LogP contribution is 2.24. The van der Waals surface area contributed by atoms with Crippen molar-refractivity contribution < 1.29 is 9.50 Å². The molecule has 1 nitrogen and oxygen atoms in total. The summed E-state index contributed by atoms with van der Waals surface area (Å²) >= 11 is 3.47. The first-order valence-corrected chi connectivity index (χ1v) is 6.96. The summed E-state index contributed by atoms with van der Waals surface area (Å²) in [6, 6.07) is 14.2. The molecule has 0 aliphatic rings. The zero-order valence-corrected chi connectivity index (χ0v) is 12.3. The van der Waals surface area contributed by atoms with Crippen molar-refractivity contribution in [2.24, 2.45) is 0 Å². The van der Waals surface area contributed by atoms with Crippen LogP contribution in [0.15, 0.2) is 53.0 Å². The number of rotatable bonds is 4. The molecular formula is C16H16BrFO. The minimum absolute atomic E-state index is 0.269. The van der Waals surface area contributed by atoms with Gasteiger partial charge in [0.2, 0.25) is 0 Å². The van der Waals surface area contributed by atoms with E-state index in [1.807, 2.05) is 30.3 Å². The molecule has 2 aromatic carbocycles. The van der Waals surface area contributed by atoms with Gasteiger partial charge in [0, 0.05) is 17.3 Å². The second-order valence-corrected chi connectivity index (χ2v) is 5.93. The van der Waals surface area contributed by atoms with Crippen LogP contribution in [0.25, 0.3) is 0 Å². The summed E-state index contributed by atoms with van der Waals surface area (Å²) < 4.78 is 14.1. The summed E-state index contributed by atoms with van der Waals surface area (Å²) in [5, 5.41) is 10.5. The second kappa shape index (κ2) is 5.85. The lowest BCUT2D eigenvalue weighted by Gasteiger charge is -2.24. The first-order chi connectivity index (χ1) is 8.96. The third kappa shape index (κ3) is 4.15. The number of hydrogen-bond acceptors (Lipinski definition) is 1. The topological polar surface area (TPSA) is 20.2 Å². The van der Waals surface area contributed by atoms with E-state index in [4.69, 9.17) is 0 Å². The summed E-state index contributed by atoms with van der Waals surface area (Å²) in [5.41, 5.74) is 0.943. The molecule has 0 saturated carbocycles. The second-order valence-electron chi connectivity index (χ2n) is 5.07. The van der Waals surface area contributed by atoms with E-state index in [0.29, 0.717) is 12.8 Å². The van der Waals surface area contributed by atoms with Gasteiger partial charge in [0.1, 0.15) is 5.82 Å². The van der Waals surface area contributed by atoms with Gasteiger partial charge in [0.25, 0.3) is 0 Å². The Morgan fingerprint density at radius 2 is 1.84 bits per heavy atom. The van der Waals surface area contributed by atoms with E-state index in [1.165, 1.54) is 12.1 Å². The Hall–Kier alpha value is -1.19. The molecule has 0 aromatic heterocycles. The minimum atomic E-state index is -0.905. The molecule has 0 radical (unpaired) electrons. The minimum Gasteiger partial charge on any atom is -0.389 e. The van der Waals surface area contributed by atoms with Crippen molar-refractivity contribution >= 4 is 15.9 Å². The van der Waals surface area contributed by atoms with Gasteiger partial charge in [-0.1, -0.05) is 46.3 Å². The molecular weight excluding hydrogens is 307 g/mol. The number of hydrogen-bond donors (Lipinski definition) is 1. The maximum atomic E-state index is 13.1. The van der Waals surface area contributed by atoms with E-state index < -0.39 is 5.60 Å². The standard InChI is InChI=1S/C16H16BrFO/c1-16(19,10-12-5-4-7-14(18)9-12)11-13-6-2-3-8-15(13)17/h2-9,19H,10-11H2,1H3. The molecule has 0 fully saturated rings. The van der Waals surface area contributed by atoms with Gasteiger partial charge in [-0.15, -0.1) is 0 Å². The lowest BCUT2D eigenvalue weighted by molar-refractivity contribution is 0.0606. The third-order valence-corrected chi connectivity index (χ3v) is 3.78. The molecule has 1 unspecified atom stereocenters. The van der Waals surface area contributed by atoms with Gasteiger partial charge in [-0.05, 0) is 36.2 Å². The Labute approximate surface area is 121 Å². The molecule has 0 bridgehead atoms. The average Bonchev–Trinajstić information content (AvgIpc) is 2.31. The molecule has 0 saturated heterocycles. The van der Waals surface area contributed by atoms with Crippen LogP contribution in [0.4, 0.5) is 4.39 Å². The van der Waals surface area contributed by atoms with Crippen LogP contribution in [0.2, 0.25) is 0 Å². The summed E-state index contributed by atoms with van der Waals surface area (Å²) in [5.74, 6) is -0.269. The van der Waals surface area contributed by atoms with Crippen molar-refractivity contribution in [3.05, 3.63) is 69.9 Å². The van der Waals surface area contributed by atoms with Gasteiger partial charge in [-0.3, -0.25) is 0 Å². The Morgan fingerprint density at radius 3 is 2.53 bits per heavy atom. The zero-order valence-electron chi connectivity index (χ0n) is 10.7. The van der Waals surface area contributed by atoms with Gasteiger partial charge >= 0.3 is 0 Å². The summed E-state index contributed by atoms with van der Waals surface area (Å²) in [6.45, 7) is 1.78.